The van der Waals surface area contributed by atoms with Crippen LogP contribution in [0.4, 0.5) is 0 Å². The van der Waals surface area contributed by atoms with E-state index in [2.05, 4.69) is 19.2 Å². The minimum Gasteiger partial charge on any atom is -0.380 e. The van der Waals surface area contributed by atoms with E-state index < -0.39 is 5.60 Å². The predicted molar refractivity (Wildman–Crippen MR) is 69.7 cm³/mol. The Morgan fingerprint density at radius 1 is 1.12 bits per heavy atom. The zero-order valence-corrected chi connectivity index (χ0v) is 11.7. The normalized spacial score (nSPS) is 25.5. The van der Waals surface area contributed by atoms with Crippen LogP contribution in [-0.4, -0.2) is 22.7 Å². The van der Waals surface area contributed by atoms with Crippen LogP contribution in [0, 0.1) is 5.41 Å². The van der Waals surface area contributed by atoms with E-state index in [0.29, 0.717) is 18.3 Å². The Morgan fingerprint density at radius 2 is 1.59 bits per heavy atom. The van der Waals surface area contributed by atoms with E-state index in [1.54, 1.807) is 0 Å². The Bertz CT molecular complexity index is 259. The number of carbonyl (C=O) groups is 1. The molecule has 0 aromatic rings. The highest BCUT2D eigenvalue weighted by Crippen LogP contribution is 2.37. The molecule has 0 aliphatic heterocycles. The maximum absolute atomic E-state index is 11.6. The number of amides is 1. The molecule has 3 nitrogen and oxygen atoms in total. The van der Waals surface area contributed by atoms with E-state index in [9.17, 15) is 9.90 Å². The lowest BCUT2D eigenvalue weighted by molar-refractivity contribution is -0.132. The maximum Gasteiger partial charge on any atom is 0.252 e. The molecule has 17 heavy (non-hydrogen) atoms. The second-order valence-corrected chi connectivity index (χ2v) is 5.94. The van der Waals surface area contributed by atoms with Gasteiger partial charge in [-0.3, -0.25) is 4.79 Å². The van der Waals surface area contributed by atoms with Gasteiger partial charge in [0.25, 0.3) is 5.91 Å². The Hall–Kier alpha value is -0.570. The molecule has 0 saturated heterocycles. The van der Waals surface area contributed by atoms with Crippen molar-refractivity contribution in [3.8, 4) is 0 Å². The Kier molecular flexibility index (Phi) is 4.59. The molecule has 2 fully saturated rings. The Morgan fingerprint density at radius 3 is 2.00 bits per heavy atom. The summed E-state index contributed by atoms with van der Waals surface area (Å²) in [4.78, 5) is 11.6. The summed E-state index contributed by atoms with van der Waals surface area (Å²) in [5, 5.41) is 12.6. The van der Waals surface area contributed by atoms with Crippen LogP contribution in [0.3, 0.4) is 0 Å². The first-order valence-electron chi connectivity index (χ1n) is 6.95. The van der Waals surface area contributed by atoms with Gasteiger partial charge in [-0.25, -0.2) is 0 Å². The molecular weight excluding hydrogens is 214 g/mol. The molecule has 0 spiro atoms. The molecule has 3 heteroatoms. The summed E-state index contributed by atoms with van der Waals surface area (Å²) in [6, 6.07) is 0.287. The van der Waals surface area contributed by atoms with Crippen LogP contribution >= 0.6 is 0 Å². The summed E-state index contributed by atoms with van der Waals surface area (Å²) >= 11 is 0. The first kappa shape index (κ1) is 14.5. The summed E-state index contributed by atoms with van der Waals surface area (Å²) < 4.78 is 0. The van der Waals surface area contributed by atoms with Gasteiger partial charge in [-0.2, -0.15) is 0 Å². The van der Waals surface area contributed by atoms with E-state index in [1.165, 1.54) is 0 Å². The summed E-state index contributed by atoms with van der Waals surface area (Å²) in [6.07, 6.45) is 5.70. The van der Waals surface area contributed by atoms with Crippen LogP contribution in [-0.2, 0) is 4.79 Å². The average Bonchev–Trinajstić information content (AvgIpc) is 3.04. The molecule has 2 rings (SSSR count). The molecule has 0 atom stereocenters. The van der Waals surface area contributed by atoms with Crippen LogP contribution in [0.25, 0.3) is 0 Å². The van der Waals surface area contributed by atoms with Crippen LogP contribution in [0.2, 0.25) is 0 Å². The van der Waals surface area contributed by atoms with Crippen molar-refractivity contribution in [3.63, 3.8) is 0 Å². The lowest BCUT2D eigenvalue weighted by atomic mass is 9.75. The molecule has 0 heterocycles. The third-order valence-electron chi connectivity index (χ3n) is 3.82. The summed E-state index contributed by atoms with van der Waals surface area (Å²) in [5.41, 5.74) is -0.579. The van der Waals surface area contributed by atoms with Gasteiger partial charge in [0.15, 0.2) is 0 Å². The summed E-state index contributed by atoms with van der Waals surface area (Å²) in [5.74, 6) is -0.146. The minimum absolute atomic E-state index is 0.146. The molecule has 100 valence electrons. The highest BCUT2D eigenvalue weighted by Gasteiger charge is 2.48. The lowest BCUT2D eigenvalue weighted by Crippen LogP contribution is -2.44. The number of aliphatic hydroxyl groups is 1. The fraction of sp³-hybridized carbons (Fsp3) is 0.929. The van der Waals surface area contributed by atoms with Crippen LogP contribution in [0.1, 0.15) is 66.2 Å². The molecular formula is C14H27NO2. The van der Waals surface area contributed by atoms with Crippen molar-refractivity contribution in [1.82, 2.24) is 5.32 Å². The summed E-state index contributed by atoms with van der Waals surface area (Å²) in [7, 11) is 0. The van der Waals surface area contributed by atoms with Crippen molar-refractivity contribution in [2.24, 2.45) is 5.41 Å². The van der Waals surface area contributed by atoms with Crippen LogP contribution in [0.5, 0.6) is 0 Å². The molecule has 2 saturated carbocycles. The van der Waals surface area contributed by atoms with Crippen LogP contribution in [0.15, 0.2) is 0 Å². The highest BCUT2D eigenvalue weighted by molar-refractivity contribution is 5.87. The standard InChI is InChI=1S/C12H21NO2.C2H6/c1-11(2)5-3-9(4-6-11)13-10(14)12(15)7-8-12;1-2/h9,15H,3-8H2,1-2H3,(H,13,14);1-2H3. The van der Waals surface area contributed by atoms with Crippen molar-refractivity contribution in [1.29, 1.82) is 0 Å². The van der Waals surface area contributed by atoms with E-state index >= 15 is 0 Å². The van der Waals surface area contributed by atoms with Gasteiger partial charge in [0.2, 0.25) is 0 Å². The second kappa shape index (κ2) is 5.38. The van der Waals surface area contributed by atoms with Crippen molar-refractivity contribution in [3.05, 3.63) is 0 Å². The zero-order chi connectivity index (χ0) is 13.1. The van der Waals surface area contributed by atoms with Gasteiger partial charge in [0.1, 0.15) is 5.60 Å². The molecule has 2 aliphatic carbocycles. The number of hydrogen-bond donors (Lipinski definition) is 2. The molecule has 2 N–H and O–H groups in total. The first-order valence-corrected chi connectivity index (χ1v) is 6.95. The SMILES string of the molecule is CC.CC1(C)CCC(NC(=O)C2(O)CC2)CC1. The molecule has 0 radical (unpaired) electrons. The van der Waals surface area contributed by atoms with Crippen molar-refractivity contribution < 1.29 is 9.90 Å². The van der Waals surface area contributed by atoms with E-state index in [4.69, 9.17) is 0 Å². The van der Waals surface area contributed by atoms with Crippen molar-refractivity contribution >= 4 is 5.91 Å². The number of nitrogens with one attached hydrogen (secondary N) is 1. The largest absolute Gasteiger partial charge is 0.380 e. The first-order chi connectivity index (χ1) is 7.91. The highest BCUT2D eigenvalue weighted by atomic mass is 16.3. The maximum atomic E-state index is 11.6. The fourth-order valence-corrected chi connectivity index (χ4v) is 2.21. The monoisotopic (exact) mass is 241 g/mol. The Labute approximate surface area is 105 Å². The van der Waals surface area contributed by atoms with Crippen LogP contribution < -0.4 is 5.32 Å². The van der Waals surface area contributed by atoms with Crippen molar-refractivity contribution in [2.75, 3.05) is 0 Å². The van der Waals surface area contributed by atoms with E-state index in [-0.39, 0.29) is 11.9 Å². The second-order valence-electron chi connectivity index (χ2n) is 5.94. The van der Waals surface area contributed by atoms with E-state index in [1.807, 2.05) is 13.8 Å². The van der Waals surface area contributed by atoms with Gasteiger partial charge in [-0.15, -0.1) is 0 Å². The van der Waals surface area contributed by atoms with Gasteiger partial charge in [-0.1, -0.05) is 27.7 Å². The minimum atomic E-state index is -1.01. The van der Waals surface area contributed by atoms with Crippen molar-refractivity contribution in [2.45, 2.75) is 77.9 Å². The van der Waals surface area contributed by atoms with E-state index in [0.717, 1.165) is 25.7 Å². The number of rotatable bonds is 2. The third kappa shape index (κ3) is 3.98. The smallest absolute Gasteiger partial charge is 0.252 e. The number of hydrogen-bond acceptors (Lipinski definition) is 2. The topological polar surface area (TPSA) is 49.3 Å². The molecule has 1 amide bonds. The molecule has 0 aromatic heterocycles. The number of carbonyl (C=O) groups excluding carboxylic acids is 1. The third-order valence-corrected chi connectivity index (χ3v) is 3.82. The summed E-state index contributed by atoms with van der Waals surface area (Å²) in [6.45, 7) is 8.55. The zero-order valence-electron chi connectivity index (χ0n) is 11.7. The van der Waals surface area contributed by atoms with Gasteiger partial charge < -0.3 is 10.4 Å². The van der Waals surface area contributed by atoms with Gasteiger partial charge in [-0.05, 0) is 43.9 Å². The fourth-order valence-electron chi connectivity index (χ4n) is 2.21. The molecule has 0 aromatic carbocycles. The molecule has 2 aliphatic rings. The Balaban J connectivity index is 0.000000686. The van der Waals surface area contributed by atoms with Gasteiger partial charge in [0.05, 0.1) is 0 Å². The lowest BCUT2D eigenvalue weighted by Gasteiger charge is -2.34. The quantitative estimate of drug-likeness (QED) is 0.781. The molecule has 0 unspecified atom stereocenters. The molecule has 0 bridgehead atoms. The average molecular weight is 241 g/mol. The van der Waals surface area contributed by atoms with Gasteiger partial charge >= 0.3 is 0 Å². The predicted octanol–water partition coefficient (Wildman–Crippen LogP) is 2.62. The van der Waals surface area contributed by atoms with Gasteiger partial charge in [0, 0.05) is 6.04 Å².